The van der Waals surface area contributed by atoms with Gasteiger partial charge in [-0.25, -0.2) is 0 Å². The summed E-state index contributed by atoms with van der Waals surface area (Å²) in [5.74, 6) is 0.434. The monoisotopic (exact) mass is 235 g/mol. The number of benzene rings is 1. The van der Waals surface area contributed by atoms with E-state index in [1.807, 2.05) is 24.3 Å². The summed E-state index contributed by atoms with van der Waals surface area (Å²) in [5, 5.41) is 3.38. The van der Waals surface area contributed by atoms with Gasteiger partial charge in [-0.05, 0) is 23.6 Å². The van der Waals surface area contributed by atoms with Gasteiger partial charge < -0.3 is 10.1 Å². The Kier molecular flexibility index (Phi) is 5.70. The van der Waals surface area contributed by atoms with Crippen LogP contribution in [0.15, 0.2) is 24.3 Å². The van der Waals surface area contributed by atoms with E-state index in [1.165, 1.54) is 12.7 Å². The fourth-order valence-electron chi connectivity index (χ4n) is 1.63. The number of esters is 1. The van der Waals surface area contributed by atoms with Gasteiger partial charge in [0.15, 0.2) is 0 Å². The maximum absolute atomic E-state index is 11.3. The molecule has 17 heavy (non-hydrogen) atoms. The number of hydrogen-bond donors (Lipinski definition) is 1. The summed E-state index contributed by atoms with van der Waals surface area (Å²) in [6.07, 6.45) is 0.343. The van der Waals surface area contributed by atoms with Crippen LogP contribution in [0.25, 0.3) is 0 Å². The predicted molar refractivity (Wildman–Crippen MR) is 68.7 cm³/mol. The third kappa shape index (κ3) is 5.00. The Morgan fingerprint density at radius 3 is 2.53 bits per heavy atom. The molecule has 1 aromatic rings. The van der Waals surface area contributed by atoms with Crippen LogP contribution in [0.4, 0.5) is 0 Å². The maximum atomic E-state index is 11.3. The van der Waals surface area contributed by atoms with E-state index in [4.69, 9.17) is 4.74 Å². The second-order valence-electron chi connectivity index (χ2n) is 4.55. The van der Waals surface area contributed by atoms with Gasteiger partial charge in [-0.15, -0.1) is 0 Å². The molecule has 0 aliphatic heterocycles. The minimum absolute atomic E-state index is 0.193. The lowest BCUT2D eigenvalue weighted by molar-refractivity contribution is -0.139. The molecule has 1 rings (SSSR count). The third-order valence-electron chi connectivity index (χ3n) is 2.55. The number of nitrogens with one attached hydrogen (secondary N) is 1. The zero-order chi connectivity index (χ0) is 12.7. The Morgan fingerprint density at radius 1 is 1.29 bits per heavy atom. The van der Waals surface area contributed by atoms with Crippen LogP contribution in [0.5, 0.6) is 0 Å². The first kappa shape index (κ1) is 13.7. The van der Waals surface area contributed by atoms with Gasteiger partial charge in [-0.3, -0.25) is 4.79 Å². The second-order valence-corrected chi connectivity index (χ2v) is 4.55. The SMILES string of the molecule is COC(=O)Cc1ccccc1CNCC(C)C. The molecule has 0 atom stereocenters. The summed E-state index contributed by atoms with van der Waals surface area (Å²) in [4.78, 5) is 11.3. The lowest BCUT2D eigenvalue weighted by Crippen LogP contribution is -2.20. The predicted octanol–water partition coefficient (Wildman–Crippen LogP) is 2.15. The molecule has 3 nitrogen and oxygen atoms in total. The molecule has 0 unspecified atom stereocenters. The van der Waals surface area contributed by atoms with Crippen molar-refractivity contribution in [2.24, 2.45) is 5.92 Å². The molecule has 0 saturated carbocycles. The summed E-state index contributed by atoms with van der Waals surface area (Å²) < 4.78 is 4.69. The van der Waals surface area contributed by atoms with Gasteiger partial charge in [-0.1, -0.05) is 38.1 Å². The standard InChI is InChI=1S/C14H21NO2/c1-11(2)9-15-10-13-7-5-4-6-12(13)8-14(16)17-3/h4-7,11,15H,8-10H2,1-3H3. The maximum Gasteiger partial charge on any atom is 0.309 e. The number of carbonyl (C=O) groups is 1. The van der Waals surface area contributed by atoms with Crippen LogP contribution in [-0.4, -0.2) is 19.6 Å². The van der Waals surface area contributed by atoms with E-state index in [0.717, 1.165) is 18.7 Å². The smallest absolute Gasteiger partial charge is 0.309 e. The van der Waals surface area contributed by atoms with Crippen molar-refractivity contribution in [1.82, 2.24) is 5.32 Å². The quantitative estimate of drug-likeness (QED) is 0.768. The minimum atomic E-state index is -0.193. The van der Waals surface area contributed by atoms with Crippen molar-refractivity contribution in [3.05, 3.63) is 35.4 Å². The van der Waals surface area contributed by atoms with Crippen LogP contribution in [0.3, 0.4) is 0 Å². The van der Waals surface area contributed by atoms with Crippen LogP contribution >= 0.6 is 0 Å². The van der Waals surface area contributed by atoms with Gasteiger partial charge in [0.2, 0.25) is 0 Å². The van der Waals surface area contributed by atoms with Gasteiger partial charge in [0.05, 0.1) is 13.5 Å². The van der Waals surface area contributed by atoms with E-state index in [9.17, 15) is 4.79 Å². The summed E-state index contributed by atoms with van der Waals surface area (Å²) in [7, 11) is 1.42. The fourth-order valence-corrected chi connectivity index (χ4v) is 1.63. The lowest BCUT2D eigenvalue weighted by atomic mass is 10.0. The third-order valence-corrected chi connectivity index (χ3v) is 2.55. The highest BCUT2D eigenvalue weighted by molar-refractivity contribution is 5.72. The molecule has 0 aliphatic carbocycles. The molecule has 0 bridgehead atoms. The zero-order valence-corrected chi connectivity index (χ0v) is 10.8. The van der Waals surface area contributed by atoms with Crippen LogP contribution in [0.2, 0.25) is 0 Å². The molecule has 0 heterocycles. The number of rotatable bonds is 6. The summed E-state index contributed by atoms with van der Waals surface area (Å²) in [5.41, 5.74) is 2.20. The highest BCUT2D eigenvalue weighted by Crippen LogP contribution is 2.10. The van der Waals surface area contributed by atoms with Gasteiger partial charge in [0, 0.05) is 6.54 Å². The highest BCUT2D eigenvalue weighted by atomic mass is 16.5. The Bertz CT molecular complexity index is 361. The van der Waals surface area contributed by atoms with Crippen molar-refractivity contribution >= 4 is 5.97 Å². The first-order chi connectivity index (χ1) is 8.13. The summed E-state index contributed by atoms with van der Waals surface area (Å²) in [6.45, 7) is 6.12. The van der Waals surface area contributed by atoms with E-state index < -0.39 is 0 Å². The van der Waals surface area contributed by atoms with E-state index in [1.54, 1.807) is 0 Å². The first-order valence-electron chi connectivity index (χ1n) is 5.97. The van der Waals surface area contributed by atoms with Gasteiger partial charge in [0.25, 0.3) is 0 Å². The van der Waals surface area contributed by atoms with E-state index in [-0.39, 0.29) is 5.97 Å². The highest BCUT2D eigenvalue weighted by Gasteiger charge is 2.07. The van der Waals surface area contributed by atoms with Crippen molar-refractivity contribution in [3.63, 3.8) is 0 Å². The Hall–Kier alpha value is -1.35. The van der Waals surface area contributed by atoms with Gasteiger partial charge in [0.1, 0.15) is 0 Å². The molecular formula is C14H21NO2. The van der Waals surface area contributed by atoms with E-state index >= 15 is 0 Å². The minimum Gasteiger partial charge on any atom is -0.469 e. The molecule has 0 fully saturated rings. The molecule has 0 radical (unpaired) electrons. The number of methoxy groups -OCH3 is 1. The normalized spacial score (nSPS) is 10.6. The summed E-state index contributed by atoms with van der Waals surface area (Å²) in [6, 6.07) is 7.96. The molecule has 1 aromatic carbocycles. The molecule has 94 valence electrons. The Balaban J connectivity index is 2.61. The number of ether oxygens (including phenoxy) is 1. The molecule has 0 spiro atoms. The van der Waals surface area contributed by atoms with E-state index in [0.29, 0.717) is 12.3 Å². The summed E-state index contributed by atoms with van der Waals surface area (Å²) >= 11 is 0. The topological polar surface area (TPSA) is 38.3 Å². The van der Waals surface area contributed by atoms with Crippen molar-refractivity contribution in [2.45, 2.75) is 26.8 Å². The van der Waals surface area contributed by atoms with Gasteiger partial charge >= 0.3 is 5.97 Å². The van der Waals surface area contributed by atoms with Crippen molar-refractivity contribution in [3.8, 4) is 0 Å². The van der Waals surface area contributed by atoms with Gasteiger partial charge in [-0.2, -0.15) is 0 Å². The van der Waals surface area contributed by atoms with Crippen molar-refractivity contribution in [2.75, 3.05) is 13.7 Å². The fraction of sp³-hybridized carbons (Fsp3) is 0.500. The lowest BCUT2D eigenvalue weighted by Gasteiger charge is -2.11. The number of carbonyl (C=O) groups excluding carboxylic acids is 1. The second kappa shape index (κ2) is 7.07. The van der Waals surface area contributed by atoms with Crippen LogP contribution < -0.4 is 5.32 Å². The van der Waals surface area contributed by atoms with Crippen LogP contribution in [-0.2, 0) is 22.5 Å². The zero-order valence-electron chi connectivity index (χ0n) is 10.8. The average Bonchev–Trinajstić information content (AvgIpc) is 2.30. The molecule has 0 aliphatic rings. The number of hydrogen-bond acceptors (Lipinski definition) is 3. The average molecular weight is 235 g/mol. The van der Waals surface area contributed by atoms with Crippen LogP contribution in [0.1, 0.15) is 25.0 Å². The Morgan fingerprint density at radius 2 is 1.94 bits per heavy atom. The molecule has 1 N–H and O–H groups in total. The van der Waals surface area contributed by atoms with E-state index in [2.05, 4.69) is 19.2 Å². The first-order valence-corrected chi connectivity index (χ1v) is 5.97. The Labute approximate surface area is 103 Å². The molecule has 0 aromatic heterocycles. The molecule has 0 amide bonds. The largest absolute Gasteiger partial charge is 0.469 e. The van der Waals surface area contributed by atoms with Crippen molar-refractivity contribution < 1.29 is 9.53 Å². The van der Waals surface area contributed by atoms with Crippen molar-refractivity contribution in [1.29, 1.82) is 0 Å². The molecule has 0 saturated heterocycles. The van der Waals surface area contributed by atoms with Crippen LogP contribution in [0, 0.1) is 5.92 Å². The molecular weight excluding hydrogens is 214 g/mol. The molecule has 3 heteroatoms.